The molecule has 6 heteroatoms. The number of hydrogen-bond acceptors (Lipinski definition) is 4. The van der Waals surface area contributed by atoms with Crippen LogP contribution in [-0.4, -0.2) is 44.7 Å². The van der Waals surface area contributed by atoms with Gasteiger partial charge >= 0.3 is 0 Å². The molecule has 0 spiro atoms. The summed E-state index contributed by atoms with van der Waals surface area (Å²) in [5, 5.41) is 7.61. The molecule has 1 aliphatic heterocycles. The maximum Gasteiger partial charge on any atom is 0.241 e. The molecule has 1 fully saturated rings. The molecule has 1 N–H and O–H groups in total. The van der Waals surface area contributed by atoms with Crippen molar-refractivity contribution in [3.05, 3.63) is 47.0 Å². The molecule has 1 saturated heterocycles. The van der Waals surface area contributed by atoms with Crippen LogP contribution in [0.25, 0.3) is 0 Å². The number of hydrogen-bond donors (Lipinski definition) is 1. The van der Waals surface area contributed by atoms with Gasteiger partial charge in [-0.25, -0.2) is 0 Å². The maximum absolute atomic E-state index is 12.3. The molecule has 25 heavy (non-hydrogen) atoms. The lowest BCUT2D eigenvalue weighted by molar-refractivity contribution is -0.122. The molecule has 3 heterocycles. The minimum absolute atomic E-state index is 0.0498. The molecular weight excluding hydrogens is 314 g/mol. The van der Waals surface area contributed by atoms with E-state index >= 15 is 0 Å². The number of aryl methyl sites for hydroxylation is 1. The van der Waals surface area contributed by atoms with Gasteiger partial charge in [0.2, 0.25) is 5.91 Å². The van der Waals surface area contributed by atoms with E-state index in [9.17, 15) is 4.79 Å². The summed E-state index contributed by atoms with van der Waals surface area (Å²) in [7, 11) is 0. The number of carbonyl (C=O) groups excluding carboxylic acids is 1. The molecule has 2 aromatic rings. The first-order chi connectivity index (χ1) is 12.0. The van der Waals surface area contributed by atoms with Crippen LogP contribution in [0.4, 0.5) is 0 Å². The van der Waals surface area contributed by atoms with Gasteiger partial charge in [0.05, 0.1) is 11.4 Å². The summed E-state index contributed by atoms with van der Waals surface area (Å²) in [4.78, 5) is 19.1. The monoisotopic (exact) mass is 341 g/mol. The third kappa shape index (κ3) is 4.45. The second-order valence-corrected chi connectivity index (χ2v) is 6.89. The molecule has 0 unspecified atom stereocenters. The number of carbonyl (C=O) groups is 1. The van der Waals surface area contributed by atoms with E-state index in [0.29, 0.717) is 6.54 Å². The van der Waals surface area contributed by atoms with E-state index in [-0.39, 0.29) is 11.9 Å². The zero-order valence-electron chi connectivity index (χ0n) is 15.3. The van der Waals surface area contributed by atoms with Crippen molar-refractivity contribution in [1.82, 2.24) is 25.0 Å². The predicted octanol–water partition coefficient (Wildman–Crippen LogP) is 1.98. The second-order valence-electron chi connectivity index (χ2n) is 6.89. The summed E-state index contributed by atoms with van der Waals surface area (Å²) in [5.74, 6) is 0.0498. The van der Waals surface area contributed by atoms with Gasteiger partial charge < -0.3 is 5.32 Å². The van der Waals surface area contributed by atoms with Crippen molar-refractivity contribution in [3.8, 4) is 0 Å². The Labute approximate surface area is 149 Å². The van der Waals surface area contributed by atoms with E-state index in [2.05, 4.69) is 26.4 Å². The van der Waals surface area contributed by atoms with Crippen LogP contribution in [0.1, 0.15) is 35.5 Å². The maximum atomic E-state index is 12.3. The Morgan fingerprint density at radius 2 is 2.00 bits per heavy atom. The van der Waals surface area contributed by atoms with Gasteiger partial charge in [0.1, 0.15) is 6.54 Å². The molecule has 0 aromatic carbocycles. The lowest BCUT2D eigenvalue weighted by atomic mass is 10.0. The molecule has 0 atom stereocenters. The highest BCUT2D eigenvalue weighted by molar-refractivity contribution is 5.76. The summed E-state index contributed by atoms with van der Waals surface area (Å²) < 4.78 is 1.80. The van der Waals surface area contributed by atoms with Crippen LogP contribution < -0.4 is 5.32 Å². The first kappa shape index (κ1) is 17.6. The predicted molar refractivity (Wildman–Crippen MR) is 97.1 cm³/mol. The van der Waals surface area contributed by atoms with Crippen LogP contribution in [-0.2, 0) is 17.9 Å². The second kappa shape index (κ2) is 7.78. The van der Waals surface area contributed by atoms with Gasteiger partial charge in [0.15, 0.2) is 0 Å². The molecule has 1 aliphatic rings. The zero-order chi connectivity index (χ0) is 17.8. The molecule has 0 aliphatic carbocycles. The van der Waals surface area contributed by atoms with Gasteiger partial charge in [0.25, 0.3) is 0 Å². The van der Waals surface area contributed by atoms with Crippen molar-refractivity contribution >= 4 is 5.91 Å². The minimum atomic E-state index is 0.0498. The van der Waals surface area contributed by atoms with Gasteiger partial charge in [0, 0.05) is 37.6 Å². The minimum Gasteiger partial charge on any atom is -0.352 e. The smallest absolute Gasteiger partial charge is 0.241 e. The standard InChI is InChI=1S/C19H27N5O/c1-14-15(2)22-24(16(14)3)13-19(25)21-17-7-10-23(11-8-17)12-18-6-4-5-9-20-18/h4-6,9,17H,7-8,10-13H2,1-3H3,(H,21,25). The summed E-state index contributed by atoms with van der Waals surface area (Å²) >= 11 is 0. The molecule has 2 aromatic heterocycles. The van der Waals surface area contributed by atoms with E-state index in [4.69, 9.17) is 0 Å². The lowest BCUT2D eigenvalue weighted by Crippen LogP contribution is -2.45. The van der Waals surface area contributed by atoms with Crippen molar-refractivity contribution in [3.63, 3.8) is 0 Å². The average molecular weight is 341 g/mol. The van der Waals surface area contributed by atoms with Gasteiger partial charge in [-0.2, -0.15) is 5.10 Å². The highest BCUT2D eigenvalue weighted by Gasteiger charge is 2.21. The fourth-order valence-electron chi connectivity index (χ4n) is 3.31. The van der Waals surface area contributed by atoms with E-state index in [1.165, 1.54) is 0 Å². The van der Waals surface area contributed by atoms with Crippen LogP contribution in [0.5, 0.6) is 0 Å². The Bertz CT molecular complexity index is 717. The fraction of sp³-hybridized carbons (Fsp3) is 0.526. The quantitative estimate of drug-likeness (QED) is 0.903. The number of likely N-dealkylation sites (tertiary alicyclic amines) is 1. The number of rotatable bonds is 5. The normalized spacial score (nSPS) is 16.1. The highest BCUT2D eigenvalue weighted by Crippen LogP contribution is 2.14. The number of nitrogens with one attached hydrogen (secondary N) is 1. The number of nitrogens with zero attached hydrogens (tertiary/aromatic N) is 4. The topological polar surface area (TPSA) is 63.1 Å². The van der Waals surface area contributed by atoms with Crippen molar-refractivity contribution in [2.45, 2.75) is 52.7 Å². The molecular formula is C19H27N5O. The Morgan fingerprint density at radius 3 is 2.60 bits per heavy atom. The number of piperidine rings is 1. The van der Waals surface area contributed by atoms with E-state index < -0.39 is 0 Å². The van der Waals surface area contributed by atoms with Gasteiger partial charge in [-0.1, -0.05) is 6.07 Å². The van der Waals surface area contributed by atoms with Crippen LogP contribution in [0.2, 0.25) is 0 Å². The summed E-state index contributed by atoms with van der Waals surface area (Å²) in [6, 6.07) is 6.28. The average Bonchev–Trinajstić information content (AvgIpc) is 2.84. The first-order valence-electron chi connectivity index (χ1n) is 8.95. The summed E-state index contributed by atoms with van der Waals surface area (Å²) in [5.41, 5.74) is 4.33. The van der Waals surface area contributed by atoms with Gasteiger partial charge in [-0.15, -0.1) is 0 Å². The lowest BCUT2D eigenvalue weighted by Gasteiger charge is -2.32. The molecule has 0 saturated carbocycles. The van der Waals surface area contributed by atoms with Crippen molar-refractivity contribution < 1.29 is 4.79 Å². The number of aromatic nitrogens is 3. The van der Waals surface area contributed by atoms with Crippen LogP contribution in [0, 0.1) is 20.8 Å². The van der Waals surface area contributed by atoms with Crippen LogP contribution in [0.3, 0.4) is 0 Å². The highest BCUT2D eigenvalue weighted by atomic mass is 16.2. The Hall–Kier alpha value is -2.21. The Balaban J connectivity index is 1.45. The molecule has 6 nitrogen and oxygen atoms in total. The fourth-order valence-corrected chi connectivity index (χ4v) is 3.31. The molecule has 0 bridgehead atoms. The zero-order valence-corrected chi connectivity index (χ0v) is 15.3. The third-order valence-electron chi connectivity index (χ3n) is 5.10. The summed E-state index contributed by atoms with van der Waals surface area (Å²) in [6.45, 7) is 9.19. The first-order valence-corrected chi connectivity index (χ1v) is 8.95. The van der Waals surface area contributed by atoms with Crippen molar-refractivity contribution in [2.24, 2.45) is 0 Å². The molecule has 0 radical (unpaired) electrons. The van der Waals surface area contributed by atoms with E-state index in [1.54, 1.807) is 4.68 Å². The van der Waals surface area contributed by atoms with E-state index in [0.717, 1.165) is 55.1 Å². The van der Waals surface area contributed by atoms with Crippen LogP contribution >= 0.6 is 0 Å². The Morgan fingerprint density at radius 1 is 1.24 bits per heavy atom. The largest absolute Gasteiger partial charge is 0.352 e. The summed E-state index contributed by atoms with van der Waals surface area (Å²) in [6.07, 6.45) is 3.80. The van der Waals surface area contributed by atoms with Gasteiger partial charge in [-0.05, 0) is 51.3 Å². The Kier molecular flexibility index (Phi) is 5.48. The molecule has 1 amide bonds. The number of pyridine rings is 1. The molecule has 3 rings (SSSR count). The van der Waals surface area contributed by atoms with E-state index in [1.807, 2.05) is 39.1 Å². The SMILES string of the molecule is Cc1nn(CC(=O)NC2CCN(Cc3ccccn3)CC2)c(C)c1C. The molecule has 134 valence electrons. The van der Waals surface area contributed by atoms with Crippen LogP contribution in [0.15, 0.2) is 24.4 Å². The van der Waals surface area contributed by atoms with Gasteiger partial charge in [-0.3, -0.25) is 19.4 Å². The number of amides is 1. The van der Waals surface area contributed by atoms with Crippen molar-refractivity contribution in [1.29, 1.82) is 0 Å². The van der Waals surface area contributed by atoms with Crippen molar-refractivity contribution in [2.75, 3.05) is 13.1 Å². The third-order valence-corrected chi connectivity index (χ3v) is 5.10.